The van der Waals surface area contributed by atoms with Gasteiger partial charge in [0.2, 0.25) is 0 Å². The summed E-state index contributed by atoms with van der Waals surface area (Å²) in [6.45, 7) is 16.2. The molecule has 2 rings (SSSR count). The maximum atomic E-state index is 4.01. The lowest BCUT2D eigenvalue weighted by atomic mass is 9.70. The number of fused-ring (bicyclic) bond motifs is 2. The summed E-state index contributed by atoms with van der Waals surface area (Å²) < 4.78 is 0. The predicted octanol–water partition coefficient (Wildman–Crippen LogP) is 5.30. The van der Waals surface area contributed by atoms with Crippen LogP contribution in [0.5, 0.6) is 0 Å². The fraction of sp³-hybridized carbons (Fsp3) is 0.882. The van der Waals surface area contributed by atoms with E-state index in [0.717, 1.165) is 23.7 Å². The van der Waals surface area contributed by atoms with Crippen molar-refractivity contribution in [2.24, 2.45) is 34.5 Å². The van der Waals surface area contributed by atoms with Crippen LogP contribution in [0.2, 0.25) is 0 Å². The van der Waals surface area contributed by atoms with E-state index in [2.05, 4.69) is 47.3 Å². The van der Waals surface area contributed by atoms with E-state index in [0.29, 0.717) is 10.8 Å². The van der Waals surface area contributed by atoms with Gasteiger partial charge < -0.3 is 0 Å². The third-order valence-corrected chi connectivity index (χ3v) is 5.57. The summed E-state index contributed by atoms with van der Waals surface area (Å²) in [5, 5.41) is 0. The minimum absolute atomic E-state index is 0.320. The molecule has 2 fully saturated rings. The number of rotatable bonds is 3. The molecule has 0 spiro atoms. The van der Waals surface area contributed by atoms with Gasteiger partial charge in [-0.25, -0.2) is 0 Å². The van der Waals surface area contributed by atoms with Gasteiger partial charge in [0.1, 0.15) is 0 Å². The van der Waals surface area contributed by atoms with E-state index in [4.69, 9.17) is 0 Å². The van der Waals surface area contributed by atoms with Crippen molar-refractivity contribution in [3.05, 3.63) is 12.7 Å². The monoisotopic (exact) mass is 234 g/mol. The van der Waals surface area contributed by atoms with Crippen molar-refractivity contribution in [2.45, 2.75) is 60.3 Å². The third kappa shape index (κ3) is 2.61. The van der Waals surface area contributed by atoms with Gasteiger partial charge in [-0.15, -0.1) is 6.58 Å². The molecule has 0 heterocycles. The van der Waals surface area contributed by atoms with Crippen LogP contribution in [-0.2, 0) is 0 Å². The second kappa shape index (κ2) is 4.14. The van der Waals surface area contributed by atoms with Crippen LogP contribution < -0.4 is 0 Å². The van der Waals surface area contributed by atoms with Crippen molar-refractivity contribution >= 4 is 0 Å². The summed E-state index contributed by atoms with van der Waals surface area (Å²) in [7, 11) is 0. The molecule has 2 saturated carbocycles. The molecular formula is C17H30. The SMILES string of the molecule is C=CC(C)(C)CC1C2CC(CC(C)(C)C2)C1C. The van der Waals surface area contributed by atoms with Crippen molar-refractivity contribution < 1.29 is 0 Å². The summed E-state index contributed by atoms with van der Waals surface area (Å²) in [5.74, 6) is 3.85. The van der Waals surface area contributed by atoms with Gasteiger partial charge in [-0.1, -0.05) is 40.7 Å². The standard InChI is InChI=1S/C17H30/c1-7-16(3,4)11-15-12(2)13-8-14(15)10-17(5,6)9-13/h7,12-15H,1,8-11H2,2-6H3. The Kier molecular flexibility index (Phi) is 3.21. The van der Waals surface area contributed by atoms with Crippen LogP contribution in [0.15, 0.2) is 12.7 Å². The largest absolute Gasteiger partial charge is 0.103 e. The first-order chi connectivity index (χ1) is 7.74. The molecule has 0 N–H and O–H groups in total. The molecule has 0 aromatic heterocycles. The van der Waals surface area contributed by atoms with Crippen LogP contribution in [0, 0.1) is 34.5 Å². The molecule has 0 aromatic rings. The van der Waals surface area contributed by atoms with Crippen molar-refractivity contribution in [1.29, 1.82) is 0 Å². The number of hydrogen-bond acceptors (Lipinski definition) is 0. The zero-order chi connectivity index (χ0) is 12.8. The lowest BCUT2D eigenvalue weighted by molar-refractivity contribution is 0.154. The van der Waals surface area contributed by atoms with Crippen molar-refractivity contribution in [3.63, 3.8) is 0 Å². The topological polar surface area (TPSA) is 0 Å². The molecule has 0 saturated heterocycles. The second-order valence-corrected chi connectivity index (χ2v) is 8.25. The van der Waals surface area contributed by atoms with Gasteiger partial charge in [0.05, 0.1) is 0 Å². The summed E-state index contributed by atoms with van der Waals surface area (Å²) in [4.78, 5) is 0. The van der Waals surface area contributed by atoms with E-state index in [1.807, 2.05) is 0 Å². The maximum absolute atomic E-state index is 4.01. The molecule has 0 amide bonds. The quantitative estimate of drug-likeness (QED) is 0.581. The molecule has 98 valence electrons. The molecule has 4 atom stereocenters. The van der Waals surface area contributed by atoms with Gasteiger partial charge in [0, 0.05) is 0 Å². The van der Waals surface area contributed by atoms with Gasteiger partial charge in [-0.05, 0) is 60.2 Å². The van der Waals surface area contributed by atoms with Gasteiger partial charge in [-0.2, -0.15) is 0 Å². The van der Waals surface area contributed by atoms with E-state index < -0.39 is 0 Å². The molecule has 0 aliphatic heterocycles. The Labute approximate surface area is 108 Å². The molecule has 0 heteroatoms. The molecular weight excluding hydrogens is 204 g/mol. The minimum atomic E-state index is 0.320. The average Bonchev–Trinajstić information content (AvgIpc) is 2.41. The smallest absolute Gasteiger partial charge is 0.0175 e. The van der Waals surface area contributed by atoms with Crippen LogP contribution >= 0.6 is 0 Å². The van der Waals surface area contributed by atoms with Crippen molar-refractivity contribution in [1.82, 2.24) is 0 Å². The molecule has 0 nitrogen and oxygen atoms in total. The molecule has 0 aromatic carbocycles. The van der Waals surface area contributed by atoms with Crippen LogP contribution in [0.1, 0.15) is 60.3 Å². The Morgan fingerprint density at radius 1 is 1.24 bits per heavy atom. The predicted molar refractivity (Wildman–Crippen MR) is 75.9 cm³/mol. The zero-order valence-corrected chi connectivity index (χ0v) is 12.4. The molecule has 2 aliphatic rings. The normalized spacial score (nSPS) is 40.3. The third-order valence-electron chi connectivity index (χ3n) is 5.57. The van der Waals surface area contributed by atoms with E-state index in [1.54, 1.807) is 0 Å². The van der Waals surface area contributed by atoms with Crippen LogP contribution in [0.3, 0.4) is 0 Å². The van der Waals surface area contributed by atoms with Gasteiger partial charge in [0.15, 0.2) is 0 Å². The Morgan fingerprint density at radius 3 is 2.41 bits per heavy atom. The average molecular weight is 234 g/mol. The highest BCUT2D eigenvalue weighted by molar-refractivity contribution is 5.01. The first kappa shape index (κ1) is 13.2. The van der Waals surface area contributed by atoms with Gasteiger partial charge >= 0.3 is 0 Å². The van der Waals surface area contributed by atoms with Crippen LogP contribution in [0.4, 0.5) is 0 Å². The lowest BCUT2D eigenvalue weighted by Crippen LogP contribution is -2.25. The highest BCUT2D eigenvalue weighted by Gasteiger charge is 2.48. The van der Waals surface area contributed by atoms with Crippen LogP contribution in [0.25, 0.3) is 0 Å². The van der Waals surface area contributed by atoms with Crippen molar-refractivity contribution in [3.8, 4) is 0 Å². The first-order valence-electron chi connectivity index (χ1n) is 7.38. The molecule has 0 radical (unpaired) electrons. The summed E-state index contributed by atoms with van der Waals surface area (Å²) in [6, 6.07) is 0. The van der Waals surface area contributed by atoms with E-state index in [9.17, 15) is 0 Å². The Bertz CT molecular complexity index is 297. The first-order valence-corrected chi connectivity index (χ1v) is 7.38. The van der Waals surface area contributed by atoms with Gasteiger partial charge in [-0.3, -0.25) is 0 Å². The Balaban J connectivity index is 2.12. The fourth-order valence-corrected chi connectivity index (χ4v) is 4.61. The highest BCUT2D eigenvalue weighted by Crippen LogP contribution is 2.57. The van der Waals surface area contributed by atoms with E-state index >= 15 is 0 Å². The summed E-state index contributed by atoms with van der Waals surface area (Å²) in [6.07, 6.45) is 7.91. The van der Waals surface area contributed by atoms with E-state index in [-0.39, 0.29) is 0 Å². The number of hydrogen-bond donors (Lipinski definition) is 0. The molecule has 17 heavy (non-hydrogen) atoms. The summed E-state index contributed by atoms with van der Waals surface area (Å²) in [5.41, 5.74) is 0.912. The molecule has 4 unspecified atom stereocenters. The van der Waals surface area contributed by atoms with E-state index in [1.165, 1.54) is 25.7 Å². The lowest BCUT2D eigenvalue weighted by Gasteiger charge is -2.36. The fourth-order valence-electron chi connectivity index (χ4n) is 4.61. The highest BCUT2D eigenvalue weighted by atomic mass is 14.5. The Hall–Kier alpha value is -0.260. The number of allylic oxidation sites excluding steroid dienone is 1. The van der Waals surface area contributed by atoms with Crippen LogP contribution in [-0.4, -0.2) is 0 Å². The summed E-state index contributed by atoms with van der Waals surface area (Å²) >= 11 is 0. The minimum Gasteiger partial charge on any atom is -0.103 e. The van der Waals surface area contributed by atoms with Gasteiger partial charge in [0.25, 0.3) is 0 Å². The second-order valence-electron chi connectivity index (χ2n) is 8.25. The Morgan fingerprint density at radius 2 is 1.82 bits per heavy atom. The zero-order valence-electron chi connectivity index (χ0n) is 12.4. The van der Waals surface area contributed by atoms with Crippen molar-refractivity contribution in [2.75, 3.05) is 0 Å². The molecule has 2 aliphatic carbocycles. The molecule has 2 bridgehead atoms. The maximum Gasteiger partial charge on any atom is -0.0175 e.